The monoisotopic (exact) mass is 323 g/mol. The quantitative estimate of drug-likeness (QED) is 0.878. The Balaban J connectivity index is 1.91. The second kappa shape index (κ2) is 7.51. The van der Waals surface area contributed by atoms with Crippen molar-refractivity contribution < 1.29 is 9.53 Å². The molecular weight excluding hydrogens is 302 g/mol. The zero-order chi connectivity index (χ0) is 17.6. The predicted molar refractivity (Wildman–Crippen MR) is 94.0 cm³/mol. The van der Waals surface area contributed by atoms with Gasteiger partial charge in [0.1, 0.15) is 5.60 Å². The van der Waals surface area contributed by atoms with Crippen molar-refractivity contribution in [2.45, 2.75) is 32.9 Å². The van der Waals surface area contributed by atoms with Gasteiger partial charge in [0.25, 0.3) is 0 Å². The molecule has 0 heterocycles. The lowest BCUT2D eigenvalue weighted by Gasteiger charge is -2.19. The maximum Gasteiger partial charge on any atom is 0.407 e. The van der Waals surface area contributed by atoms with E-state index in [1.807, 2.05) is 57.2 Å². The first-order chi connectivity index (χ1) is 11.4. The number of carbonyl (C=O) groups excluding carboxylic acids is 1. The van der Waals surface area contributed by atoms with Crippen LogP contribution in [-0.4, -0.2) is 11.7 Å². The predicted octanol–water partition coefficient (Wildman–Crippen LogP) is 4.33. The summed E-state index contributed by atoms with van der Waals surface area (Å²) in [5, 5.41) is 14.9. The average Bonchev–Trinajstić information content (AvgIpc) is 2.53. The van der Waals surface area contributed by atoms with Crippen LogP contribution in [0.4, 0.5) is 16.2 Å². The normalized spacial score (nSPS) is 10.6. The largest absolute Gasteiger partial charge is 0.444 e. The Morgan fingerprint density at radius 3 is 2.46 bits per heavy atom. The van der Waals surface area contributed by atoms with Crippen molar-refractivity contribution in [1.82, 2.24) is 5.32 Å². The van der Waals surface area contributed by atoms with Gasteiger partial charge in [0.2, 0.25) is 0 Å². The molecule has 5 heteroatoms. The molecule has 5 nitrogen and oxygen atoms in total. The Morgan fingerprint density at radius 2 is 1.83 bits per heavy atom. The highest BCUT2D eigenvalue weighted by Gasteiger charge is 2.15. The average molecular weight is 323 g/mol. The fraction of sp³-hybridized carbons (Fsp3) is 0.263. The SMILES string of the molecule is CC(C)(C)OC(=O)NCc1ccc(Nc2cccc(C#N)c2)cc1. The number of nitrogens with one attached hydrogen (secondary N) is 2. The molecule has 0 aliphatic rings. The van der Waals surface area contributed by atoms with E-state index in [1.165, 1.54) is 0 Å². The van der Waals surface area contributed by atoms with Gasteiger partial charge in [-0.05, 0) is 56.7 Å². The summed E-state index contributed by atoms with van der Waals surface area (Å²) in [6, 6.07) is 17.1. The van der Waals surface area contributed by atoms with Crippen LogP contribution in [0.3, 0.4) is 0 Å². The standard InChI is InChI=1S/C19H21N3O2/c1-19(2,3)24-18(23)21-13-14-7-9-16(10-8-14)22-17-6-4-5-15(11-17)12-20/h4-11,22H,13H2,1-3H3,(H,21,23). The van der Waals surface area contributed by atoms with Crippen molar-refractivity contribution >= 4 is 17.5 Å². The Hall–Kier alpha value is -3.00. The van der Waals surface area contributed by atoms with Crippen LogP contribution in [0.1, 0.15) is 31.9 Å². The van der Waals surface area contributed by atoms with Gasteiger partial charge in [-0.15, -0.1) is 0 Å². The number of nitrogens with zero attached hydrogens (tertiary/aromatic N) is 1. The molecule has 0 spiro atoms. The number of nitriles is 1. The molecular formula is C19H21N3O2. The Bertz CT molecular complexity index is 740. The maximum absolute atomic E-state index is 11.6. The molecule has 0 aliphatic heterocycles. The lowest BCUT2D eigenvalue weighted by molar-refractivity contribution is 0.0523. The summed E-state index contributed by atoms with van der Waals surface area (Å²) < 4.78 is 5.20. The highest BCUT2D eigenvalue weighted by molar-refractivity contribution is 5.67. The van der Waals surface area contributed by atoms with Crippen LogP contribution in [0.5, 0.6) is 0 Å². The van der Waals surface area contributed by atoms with Gasteiger partial charge >= 0.3 is 6.09 Å². The van der Waals surface area contributed by atoms with Gasteiger partial charge in [-0.25, -0.2) is 4.79 Å². The first kappa shape index (κ1) is 17.4. The fourth-order valence-corrected chi connectivity index (χ4v) is 2.03. The van der Waals surface area contributed by atoms with Gasteiger partial charge in [-0.3, -0.25) is 0 Å². The molecule has 0 aromatic heterocycles. The molecule has 0 radical (unpaired) electrons. The van der Waals surface area contributed by atoms with Crippen molar-refractivity contribution in [2.24, 2.45) is 0 Å². The molecule has 1 amide bonds. The summed E-state index contributed by atoms with van der Waals surface area (Å²) in [6.07, 6.45) is -0.432. The Kier molecular flexibility index (Phi) is 5.43. The number of benzene rings is 2. The summed E-state index contributed by atoms with van der Waals surface area (Å²) in [6.45, 7) is 5.89. The zero-order valence-electron chi connectivity index (χ0n) is 14.1. The minimum absolute atomic E-state index is 0.402. The second-order valence-corrected chi connectivity index (χ2v) is 6.37. The van der Waals surface area contributed by atoms with Crippen molar-refractivity contribution in [3.8, 4) is 6.07 Å². The third-order valence-electron chi connectivity index (χ3n) is 3.07. The van der Waals surface area contributed by atoms with E-state index in [4.69, 9.17) is 10.00 Å². The number of rotatable bonds is 4. The van der Waals surface area contributed by atoms with E-state index in [0.717, 1.165) is 16.9 Å². The van der Waals surface area contributed by atoms with Crippen molar-refractivity contribution in [3.05, 3.63) is 59.7 Å². The Morgan fingerprint density at radius 1 is 1.12 bits per heavy atom. The van der Waals surface area contributed by atoms with E-state index < -0.39 is 11.7 Å². The van der Waals surface area contributed by atoms with Crippen molar-refractivity contribution in [2.75, 3.05) is 5.32 Å². The molecule has 2 aromatic carbocycles. The van der Waals surface area contributed by atoms with Crippen molar-refractivity contribution in [1.29, 1.82) is 5.26 Å². The summed E-state index contributed by atoms with van der Waals surface area (Å²) >= 11 is 0. The topological polar surface area (TPSA) is 74.2 Å². The maximum atomic E-state index is 11.6. The van der Waals surface area contributed by atoms with E-state index in [-0.39, 0.29) is 0 Å². The van der Waals surface area contributed by atoms with Crippen molar-refractivity contribution in [3.63, 3.8) is 0 Å². The van der Waals surface area contributed by atoms with E-state index in [2.05, 4.69) is 16.7 Å². The summed E-state index contributed by atoms with van der Waals surface area (Å²) in [4.78, 5) is 11.6. The van der Waals surface area contributed by atoms with E-state index in [9.17, 15) is 4.79 Å². The van der Waals surface area contributed by atoms with Gasteiger partial charge in [0, 0.05) is 17.9 Å². The van der Waals surface area contributed by atoms with Crippen LogP contribution in [0.15, 0.2) is 48.5 Å². The first-order valence-electron chi connectivity index (χ1n) is 7.69. The molecule has 0 aliphatic carbocycles. The lowest BCUT2D eigenvalue weighted by atomic mass is 10.2. The number of alkyl carbamates (subject to hydrolysis) is 1. The van der Waals surface area contributed by atoms with Crippen LogP contribution in [0.25, 0.3) is 0 Å². The second-order valence-electron chi connectivity index (χ2n) is 6.37. The molecule has 0 saturated carbocycles. The number of ether oxygens (including phenoxy) is 1. The van der Waals surface area contributed by atoms with Crippen LogP contribution in [-0.2, 0) is 11.3 Å². The number of amides is 1. The van der Waals surface area contributed by atoms with Crippen LogP contribution >= 0.6 is 0 Å². The van der Waals surface area contributed by atoms with E-state index in [1.54, 1.807) is 12.1 Å². The summed E-state index contributed by atoms with van der Waals surface area (Å²) in [7, 11) is 0. The van der Waals surface area contributed by atoms with Gasteiger partial charge in [-0.2, -0.15) is 5.26 Å². The Labute approximate surface area is 142 Å². The molecule has 2 aromatic rings. The van der Waals surface area contributed by atoms with Crippen LogP contribution < -0.4 is 10.6 Å². The minimum atomic E-state index is -0.504. The highest BCUT2D eigenvalue weighted by atomic mass is 16.6. The molecule has 0 saturated heterocycles. The smallest absolute Gasteiger partial charge is 0.407 e. The molecule has 24 heavy (non-hydrogen) atoms. The van der Waals surface area contributed by atoms with Gasteiger partial charge in [-0.1, -0.05) is 18.2 Å². The fourth-order valence-electron chi connectivity index (χ4n) is 2.03. The molecule has 124 valence electrons. The third-order valence-corrected chi connectivity index (χ3v) is 3.07. The van der Waals surface area contributed by atoms with Crippen LogP contribution in [0, 0.1) is 11.3 Å². The lowest BCUT2D eigenvalue weighted by Crippen LogP contribution is -2.32. The number of hydrogen-bond acceptors (Lipinski definition) is 4. The number of hydrogen-bond donors (Lipinski definition) is 2. The molecule has 0 fully saturated rings. The molecule has 2 N–H and O–H groups in total. The number of anilines is 2. The first-order valence-corrected chi connectivity index (χ1v) is 7.69. The third kappa shape index (κ3) is 5.65. The van der Waals surface area contributed by atoms with Gasteiger partial charge < -0.3 is 15.4 Å². The minimum Gasteiger partial charge on any atom is -0.444 e. The van der Waals surface area contributed by atoms with E-state index in [0.29, 0.717) is 12.1 Å². The molecule has 0 bridgehead atoms. The zero-order valence-corrected chi connectivity index (χ0v) is 14.1. The molecule has 0 atom stereocenters. The van der Waals surface area contributed by atoms with Gasteiger partial charge in [0.05, 0.1) is 11.6 Å². The van der Waals surface area contributed by atoms with Gasteiger partial charge in [0.15, 0.2) is 0 Å². The molecule has 2 rings (SSSR count). The highest BCUT2D eigenvalue weighted by Crippen LogP contribution is 2.18. The van der Waals surface area contributed by atoms with E-state index >= 15 is 0 Å². The molecule has 0 unspecified atom stereocenters. The number of carbonyl (C=O) groups is 1. The summed E-state index contributed by atoms with van der Waals surface area (Å²) in [5.41, 5.74) is 2.84. The summed E-state index contributed by atoms with van der Waals surface area (Å²) in [5.74, 6) is 0. The van der Waals surface area contributed by atoms with Crippen LogP contribution in [0.2, 0.25) is 0 Å².